The molecule has 1 N–H and O–H groups in total. The summed E-state index contributed by atoms with van der Waals surface area (Å²) in [6.45, 7) is 5.77. The lowest BCUT2D eigenvalue weighted by atomic mass is 9.97. The van der Waals surface area contributed by atoms with Crippen molar-refractivity contribution in [2.24, 2.45) is 5.92 Å². The quantitative estimate of drug-likeness (QED) is 0.534. The van der Waals surface area contributed by atoms with Crippen LogP contribution in [0.15, 0.2) is 0 Å². The van der Waals surface area contributed by atoms with E-state index in [9.17, 15) is 0 Å². The molecule has 1 rings (SSSR count). The lowest BCUT2D eigenvalue weighted by Crippen LogP contribution is -2.29. The molecule has 0 radical (unpaired) electrons. The summed E-state index contributed by atoms with van der Waals surface area (Å²) in [5.74, 6) is 1.09. The van der Waals surface area contributed by atoms with Crippen LogP contribution in [-0.2, 0) is 0 Å². The van der Waals surface area contributed by atoms with Crippen LogP contribution in [-0.4, -0.2) is 12.6 Å². The Balaban J connectivity index is 2.00. The van der Waals surface area contributed by atoms with Crippen LogP contribution in [0.1, 0.15) is 84.5 Å². The first-order valence-corrected chi connectivity index (χ1v) is 8.10. The molecule has 17 heavy (non-hydrogen) atoms. The van der Waals surface area contributed by atoms with E-state index in [1.807, 2.05) is 0 Å². The van der Waals surface area contributed by atoms with Crippen molar-refractivity contribution in [3.05, 3.63) is 0 Å². The highest BCUT2D eigenvalue weighted by Crippen LogP contribution is 2.29. The molecule has 0 aromatic carbocycles. The number of hydrogen-bond acceptors (Lipinski definition) is 1. The molecule has 1 atom stereocenters. The van der Waals surface area contributed by atoms with E-state index in [2.05, 4.69) is 19.2 Å². The zero-order valence-corrected chi connectivity index (χ0v) is 12.1. The van der Waals surface area contributed by atoms with Crippen molar-refractivity contribution in [2.75, 3.05) is 6.54 Å². The summed E-state index contributed by atoms with van der Waals surface area (Å²) < 4.78 is 0. The van der Waals surface area contributed by atoms with Crippen molar-refractivity contribution in [3.8, 4) is 0 Å². The monoisotopic (exact) mass is 239 g/mol. The average Bonchev–Trinajstić information content (AvgIpc) is 2.84. The van der Waals surface area contributed by atoms with Gasteiger partial charge in [0, 0.05) is 6.04 Å². The van der Waals surface area contributed by atoms with Gasteiger partial charge in [-0.1, -0.05) is 65.2 Å². The minimum atomic E-state index is 0.795. The van der Waals surface area contributed by atoms with E-state index in [4.69, 9.17) is 0 Å². The molecular weight excluding hydrogens is 206 g/mol. The molecule has 0 heterocycles. The first kappa shape index (κ1) is 15.0. The number of rotatable bonds is 10. The fourth-order valence-corrected chi connectivity index (χ4v) is 3.17. The lowest BCUT2D eigenvalue weighted by molar-refractivity contribution is 0.408. The molecule has 1 unspecified atom stereocenters. The van der Waals surface area contributed by atoms with Gasteiger partial charge in [0.1, 0.15) is 0 Å². The molecule has 102 valence electrons. The Hall–Kier alpha value is -0.0400. The van der Waals surface area contributed by atoms with Crippen LogP contribution < -0.4 is 5.32 Å². The van der Waals surface area contributed by atoms with E-state index in [0.29, 0.717) is 0 Å². The van der Waals surface area contributed by atoms with Crippen LogP contribution in [0, 0.1) is 5.92 Å². The van der Waals surface area contributed by atoms with Gasteiger partial charge in [-0.15, -0.1) is 0 Å². The molecular formula is C16H33N. The Morgan fingerprint density at radius 1 is 1.00 bits per heavy atom. The first-order valence-electron chi connectivity index (χ1n) is 8.10. The molecule has 0 bridgehead atoms. The minimum absolute atomic E-state index is 0.795. The fraction of sp³-hybridized carbons (Fsp3) is 1.00. The van der Waals surface area contributed by atoms with Gasteiger partial charge in [-0.05, 0) is 31.7 Å². The summed E-state index contributed by atoms with van der Waals surface area (Å²) in [5, 5.41) is 3.70. The maximum absolute atomic E-state index is 3.70. The Morgan fingerprint density at radius 2 is 1.76 bits per heavy atom. The molecule has 1 aliphatic rings. The normalized spacial score (nSPS) is 18.7. The molecule has 0 spiro atoms. The third-order valence-corrected chi connectivity index (χ3v) is 4.21. The highest BCUT2D eigenvalue weighted by molar-refractivity contribution is 4.69. The van der Waals surface area contributed by atoms with E-state index < -0.39 is 0 Å². The van der Waals surface area contributed by atoms with Crippen LogP contribution in [0.3, 0.4) is 0 Å². The lowest BCUT2D eigenvalue weighted by Gasteiger charge is -2.18. The van der Waals surface area contributed by atoms with Gasteiger partial charge in [0.2, 0.25) is 0 Å². The van der Waals surface area contributed by atoms with E-state index in [0.717, 1.165) is 12.0 Å². The van der Waals surface area contributed by atoms with Crippen LogP contribution >= 0.6 is 0 Å². The number of unbranched alkanes of at least 4 members (excludes halogenated alkanes) is 1. The molecule has 0 saturated heterocycles. The molecule has 1 fully saturated rings. The van der Waals surface area contributed by atoms with Gasteiger partial charge in [-0.3, -0.25) is 0 Å². The third kappa shape index (κ3) is 7.08. The molecule has 1 heteroatoms. The summed E-state index contributed by atoms with van der Waals surface area (Å²) >= 11 is 0. The second kappa shape index (κ2) is 9.94. The van der Waals surface area contributed by atoms with Crippen molar-refractivity contribution < 1.29 is 0 Å². The van der Waals surface area contributed by atoms with E-state index >= 15 is 0 Å². The SMILES string of the molecule is CCCNC(CCC)CCCCC1CCCC1. The Bertz CT molecular complexity index is 161. The van der Waals surface area contributed by atoms with Gasteiger partial charge in [0.15, 0.2) is 0 Å². The van der Waals surface area contributed by atoms with Crippen molar-refractivity contribution in [1.82, 2.24) is 5.32 Å². The van der Waals surface area contributed by atoms with Crippen molar-refractivity contribution in [3.63, 3.8) is 0 Å². The maximum Gasteiger partial charge on any atom is 0.00669 e. The topological polar surface area (TPSA) is 12.0 Å². The average molecular weight is 239 g/mol. The summed E-state index contributed by atoms with van der Waals surface area (Å²) in [6.07, 6.45) is 15.8. The first-order chi connectivity index (χ1) is 8.36. The molecule has 0 amide bonds. The largest absolute Gasteiger partial charge is 0.314 e. The maximum atomic E-state index is 3.70. The van der Waals surface area contributed by atoms with Gasteiger partial charge in [0.25, 0.3) is 0 Å². The van der Waals surface area contributed by atoms with E-state index in [1.165, 1.54) is 77.2 Å². The van der Waals surface area contributed by atoms with Crippen LogP contribution in [0.5, 0.6) is 0 Å². The summed E-state index contributed by atoms with van der Waals surface area (Å²) in [6, 6.07) is 0.795. The predicted molar refractivity (Wildman–Crippen MR) is 77.4 cm³/mol. The van der Waals surface area contributed by atoms with Crippen LogP contribution in [0.25, 0.3) is 0 Å². The van der Waals surface area contributed by atoms with Crippen LogP contribution in [0.2, 0.25) is 0 Å². The summed E-state index contributed by atoms with van der Waals surface area (Å²) in [5.41, 5.74) is 0. The molecule has 0 aromatic heterocycles. The summed E-state index contributed by atoms with van der Waals surface area (Å²) in [7, 11) is 0. The Labute approximate surface area is 109 Å². The molecule has 1 saturated carbocycles. The smallest absolute Gasteiger partial charge is 0.00669 e. The predicted octanol–water partition coefficient (Wildman–Crippen LogP) is 4.91. The number of nitrogens with one attached hydrogen (secondary N) is 1. The zero-order chi connectivity index (χ0) is 12.3. The fourth-order valence-electron chi connectivity index (χ4n) is 3.17. The third-order valence-electron chi connectivity index (χ3n) is 4.21. The van der Waals surface area contributed by atoms with Gasteiger partial charge >= 0.3 is 0 Å². The van der Waals surface area contributed by atoms with Gasteiger partial charge in [0.05, 0.1) is 0 Å². The van der Waals surface area contributed by atoms with Gasteiger partial charge < -0.3 is 5.32 Å². The Kier molecular flexibility index (Phi) is 8.78. The molecule has 1 aliphatic carbocycles. The van der Waals surface area contributed by atoms with E-state index in [-0.39, 0.29) is 0 Å². The summed E-state index contributed by atoms with van der Waals surface area (Å²) in [4.78, 5) is 0. The molecule has 1 nitrogen and oxygen atoms in total. The number of hydrogen-bond donors (Lipinski definition) is 1. The van der Waals surface area contributed by atoms with Crippen molar-refractivity contribution in [2.45, 2.75) is 90.5 Å². The highest BCUT2D eigenvalue weighted by atomic mass is 14.9. The Morgan fingerprint density at radius 3 is 2.41 bits per heavy atom. The molecule has 0 aliphatic heterocycles. The van der Waals surface area contributed by atoms with Gasteiger partial charge in [-0.2, -0.15) is 0 Å². The van der Waals surface area contributed by atoms with E-state index in [1.54, 1.807) is 0 Å². The zero-order valence-electron chi connectivity index (χ0n) is 12.1. The van der Waals surface area contributed by atoms with Crippen LogP contribution in [0.4, 0.5) is 0 Å². The standard InChI is InChI=1S/C16H33N/c1-3-9-16(17-14-4-2)13-8-7-12-15-10-5-6-11-15/h15-17H,3-14H2,1-2H3. The molecule has 0 aromatic rings. The van der Waals surface area contributed by atoms with Crippen molar-refractivity contribution >= 4 is 0 Å². The second-order valence-electron chi connectivity index (χ2n) is 5.87. The van der Waals surface area contributed by atoms with Crippen molar-refractivity contribution in [1.29, 1.82) is 0 Å². The highest BCUT2D eigenvalue weighted by Gasteiger charge is 2.14. The van der Waals surface area contributed by atoms with Gasteiger partial charge in [-0.25, -0.2) is 0 Å². The second-order valence-corrected chi connectivity index (χ2v) is 5.87. The minimum Gasteiger partial charge on any atom is -0.314 e.